The summed E-state index contributed by atoms with van der Waals surface area (Å²) in [5.41, 5.74) is -0.178. The van der Waals surface area contributed by atoms with E-state index in [0.29, 0.717) is 0 Å². The number of rotatable bonds is 3. The molecule has 0 aliphatic carbocycles. The minimum absolute atomic E-state index is 0.178. The van der Waals surface area contributed by atoms with Crippen molar-refractivity contribution in [3.8, 4) is 0 Å². The largest absolute Gasteiger partial charge is 0.478 e. The summed E-state index contributed by atoms with van der Waals surface area (Å²) in [4.78, 5) is 22.2. The summed E-state index contributed by atoms with van der Waals surface area (Å²) in [6.07, 6.45) is 1.38. The van der Waals surface area contributed by atoms with Crippen LogP contribution in [0.15, 0.2) is 23.1 Å². The fourth-order valence-electron chi connectivity index (χ4n) is 0.830. The first kappa shape index (κ1) is 9.67. The average molecular weight is 196 g/mol. The molecule has 13 heavy (non-hydrogen) atoms. The van der Waals surface area contributed by atoms with Crippen LogP contribution in [-0.4, -0.2) is 16.9 Å². The Morgan fingerprint density at radius 3 is 2.62 bits per heavy atom. The van der Waals surface area contributed by atoms with E-state index in [1.54, 1.807) is 12.1 Å². The van der Waals surface area contributed by atoms with Gasteiger partial charge in [0.2, 0.25) is 0 Å². The molecule has 0 saturated carbocycles. The molecule has 3 nitrogen and oxygen atoms in total. The molecule has 0 amide bonds. The zero-order valence-electron chi connectivity index (χ0n) is 6.98. The van der Waals surface area contributed by atoms with E-state index in [4.69, 9.17) is 5.11 Å². The Morgan fingerprint density at radius 2 is 2.23 bits per heavy atom. The molecular weight excluding hydrogens is 188 g/mol. The lowest BCUT2D eigenvalue weighted by atomic mass is 10.1. The molecule has 0 unspecified atom stereocenters. The number of carboxylic acids is 1. The zero-order valence-corrected chi connectivity index (χ0v) is 7.80. The molecule has 0 saturated heterocycles. The predicted octanol–water partition coefficient (Wildman–Crippen LogP) is 1.81. The fraction of sp³-hybridized carbons (Fsp3) is 0.111. The average Bonchev–Trinajstić information content (AvgIpc) is 2.50. The summed E-state index contributed by atoms with van der Waals surface area (Å²) in [6.45, 7) is 1.24. The third kappa shape index (κ3) is 2.52. The summed E-state index contributed by atoms with van der Waals surface area (Å²) < 4.78 is 0. The van der Waals surface area contributed by atoms with Gasteiger partial charge in [0.05, 0.1) is 0 Å². The number of carboxylic acid groups (broad SMARTS) is 1. The van der Waals surface area contributed by atoms with Crippen LogP contribution < -0.4 is 0 Å². The van der Waals surface area contributed by atoms with E-state index < -0.39 is 11.8 Å². The normalized spacial score (nSPS) is 11.3. The topological polar surface area (TPSA) is 54.4 Å². The van der Waals surface area contributed by atoms with Crippen molar-refractivity contribution in [1.29, 1.82) is 0 Å². The van der Waals surface area contributed by atoms with Crippen molar-refractivity contribution in [2.75, 3.05) is 0 Å². The van der Waals surface area contributed by atoms with E-state index in [2.05, 4.69) is 0 Å². The molecule has 0 aliphatic heterocycles. The summed E-state index contributed by atoms with van der Waals surface area (Å²) in [6, 6.07) is 3.56. The van der Waals surface area contributed by atoms with Crippen LogP contribution in [0.4, 0.5) is 0 Å². The Labute approximate surface area is 79.3 Å². The van der Waals surface area contributed by atoms with Gasteiger partial charge in [0.1, 0.15) is 5.57 Å². The standard InChI is InChI=1S/C9H8O3S/c1-6(10)8(9(11)12)5-7-3-2-4-13-7/h2-5H,1H3,(H,11,12)/b8-5-. The van der Waals surface area contributed by atoms with Crippen molar-refractivity contribution in [3.05, 3.63) is 28.0 Å². The molecule has 0 aromatic carbocycles. The van der Waals surface area contributed by atoms with Crippen molar-refractivity contribution >= 4 is 29.2 Å². The van der Waals surface area contributed by atoms with Crippen LogP contribution in [0.2, 0.25) is 0 Å². The maximum absolute atomic E-state index is 10.9. The summed E-state index contributed by atoms with van der Waals surface area (Å²) in [5, 5.41) is 10.5. The van der Waals surface area contributed by atoms with Crippen molar-refractivity contribution < 1.29 is 14.7 Å². The lowest BCUT2D eigenvalue weighted by Crippen LogP contribution is -2.08. The molecule has 0 radical (unpaired) electrons. The maximum Gasteiger partial charge on any atom is 0.339 e. The highest BCUT2D eigenvalue weighted by molar-refractivity contribution is 7.10. The molecule has 0 spiro atoms. The van der Waals surface area contributed by atoms with Crippen molar-refractivity contribution in [3.63, 3.8) is 0 Å². The second-order valence-electron chi connectivity index (χ2n) is 2.43. The van der Waals surface area contributed by atoms with Crippen LogP contribution in [0.25, 0.3) is 6.08 Å². The number of Topliss-reactive ketones (excluding diaryl/α,β-unsaturated/α-hetero) is 1. The lowest BCUT2D eigenvalue weighted by molar-refractivity contribution is -0.134. The Morgan fingerprint density at radius 1 is 1.54 bits per heavy atom. The molecule has 1 aromatic heterocycles. The molecule has 68 valence electrons. The van der Waals surface area contributed by atoms with E-state index in [1.807, 2.05) is 5.38 Å². The first-order chi connectivity index (χ1) is 6.11. The Kier molecular flexibility index (Phi) is 2.97. The Hall–Kier alpha value is -1.42. The quantitative estimate of drug-likeness (QED) is 0.455. The van der Waals surface area contributed by atoms with Crippen molar-refractivity contribution in [2.24, 2.45) is 0 Å². The van der Waals surface area contributed by atoms with Gasteiger partial charge < -0.3 is 5.11 Å². The van der Waals surface area contributed by atoms with Gasteiger partial charge in [-0.1, -0.05) is 6.07 Å². The SMILES string of the molecule is CC(=O)/C(=C/c1cccs1)C(=O)O. The predicted molar refractivity (Wildman–Crippen MR) is 50.6 cm³/mol. The van der Waals surface area contributed by atoms with E-state index in [0.717, 1.165) is 4.88 Å². The number of carbonyl (C=O) groups excluding carboxylic acids is 1. The van der Waals surface area contributed by atoms with Crippen LogP contribution in [0.3, 0.4) is 0 Å². The summed E-state index contributed by atoms with van der Waals surface area (Å²) in [7, 11) is 0. The molecule has 0 bridgehead atoms. The lowest BCUT2D eigenvalue weighted by Gasteiger charge is -1.94. The van der Waals surface area contributed by atoms with Gasteiger partial charge in [-0.2, -0.15) is 0 Å². The van der Waals surface area contributed by atoms with E-state index in [9.17, 15) is 9.59 Å². The first-order valence-corrected chi connectivity index (χ1v) is 4.48. The molecule has 1 aromatic rings. The van der Waals surface area contributed by atoms with Crippen LogP contribution in [0.5, 0.6) is 0 Å². The van der Waals surface area contributed by atoms with Gasteiger partial charge >= 0.3 is 5.97 Å². The van der Waals surface area contributed by atoms with E-state index in [1.165, 1.54) is 24.3 Å². The number of thiophene rings is 1. The van der Waals surface area contributed by atoms with Crippen molar-refractivity contribution in [2.45, 2.75) is 6.92 Å². The Balaban J connectivity index is 3.01. The molecule has 0 fully saturated rings. The van der Waals surface area contributed by atoms with Crippen LogP contribution in [-0.2, 0) is 9.59 Å². The van der Waals surface area contributed by atoms with Gasteiger partial charge in [-0.05, 0) is 24.4 Å². The molecular formula is C9H8O3S. The fourth-order valence-corrected chi connectivity index (χ4v) is 1.49. The van der Waals surface area contributed by atoms with Gasteiger partial charge in [-0.25, -0.2) is 4.79 Å². The monoisotopic (exact) mass is 196 g/mol. The summed E-state index contributed by atoms with van der Waals surface area (Å²) in [5.74, 6) is -1.61. The van der Waals surface area contributed by atoms with Crippen LogP contribution in [0.1, 0.15) is 11.8 Å². The number of hydrogen-bond donors (Lipinski definition) is 1. The minimum Gasteiger partial charge on any atom is -0.478 e. The van der Waals surface area contributed by atoms with Gasteiger partial charge in [0, 0.05) is 4.88 Å². The smallest absolute Gasteiger partial charge is 0.339 e. The van der Waals surface area contributed by atoms with Gasteiger partial charge in [0.25, 0.3) is 0 Å². The highest BCUT2D eigenvalue weighted by atomic mass is 32.1. The second kappa shape index (κ2) is 4.00. The molecule has 1 rings (SSSR count). The van der Waals surface area contributed by atoms with Gasteiger partial charge in [-0.3, -0.25) is 4.79 Å². The number of hydrogen-bond acceptors (Lipinski definition) is 3. The Bertz CT molecular complexity index is 333. The number of carbonyl (C=O) groups is 2. The first-order valence-electron chi connectivity index (χ1n) is 3.60. The van der Waals surface area contributed by atoms with Crippen molar-refractivity contribution in [1.82, 2.24) is 0 Å². The third-order valence-electron chi connectivity index (χ3n) is 1.44. The number of ketones is 1. The highest BCUT2D eigenvalue weighted by Crippen LogP contribution is 2.13. The molecule has 1 N–H and O–H groups in total. The summed E-state index contributed by atoms with van der Waals surface area (Å²) >= 11 is 1.39. The minimum atomic E-state index is -1.18. The zero-order chi connectivity index (χ0) is 9.84. The highest BCUT2D eigenvalue weighted by Gasteiger charge is 2.12. The molecule has 0 atom stereocenters. The van der Waals surface area contributed by atoms with Crippen LogP contribution in [0, 0.1) is 0 Å². The van der Waals surface area contributed by atoms with Crippen LogP contribution >= 0.6 is 11.3 Å². The maximum atomic E-state index is 10.9. The van der Waals surface area contributed by atoms with Gasteiger partial charge in [-0.15, -0.1) is 11.3 Å². The van der Waals surface area contributed by atoms with E-state index in [-0.39, 0.29) is 5.57 Å². The molecule has 4 heteroatoms. The van der Waals surface area contributed by atoms with E-state index >= 15 is 0 Å². The number of aliphatic carboxylic acids is 1. The molecule has 1 heterocycles. The van der Waals surface area contributed by atoms with Gasteiger partial charge in [0.15, 0.2) is 5.78 Å². The third-order valence-corrected chi connectivity index (χ3v) is 2.26. The molecule has 0 aliphatic rings. The second-order valence-corrected chi connectivity index (χ2v) is 3.41.